The SMILES string of the molecule is Cc1ccc(C(=O)N(C2CC2)C2CC(=O)N(c3ccc(C(C)C)cc3)C2=O)cc1. The molecular formula is C24H26N2O3. The Balaban J connectivity index is 1.60. The summed E-state index contributed by atoms with van der Waals surface area (Å²) in [5.74, 6) is -0.353. The third kappa shape index (κ3) is 3.69. The second kappa shape index (κ2) is 7.47. The molecule has 1 unspecified atom stereocenters. The van der Waals surface area contributed by atoms with Gasteiger partial charge < -0.3 is 4.90 Å². The lowest BCUT2D eigenvalue weighted by Crippen LogP contribution is -2.46. The van der Waals surface area contributed by atoms with Gasteiger partial charge in [0.05, 0.1) is 12.1 Å². The summed E-state index contributed by atoms with van der Waals surface area (Å²) >= 11 is 0. The van der Waals surface area contributed by atoms with Crippen molar-refractivity contribution in [3.63, 3.8) is 0 Å². The lowest BCUT2D eigenvalue weighted by molar-refractivity contribution is -0.122. The molecule has 2 aliphatic rings. The molecule has 150 valence electrons. The fraction of sp³-hybridized carbons (Fsp3) is 0.375. The first kappa shape index (κ1) is 19.4. The summed E-state index contributed by atoms with van der Waals surface area (Å²) in [5, 5.41) is 0. The maximum atomic E-state index is 13.2. The number of anilines is 1. The second-order valence-electron chi connectivity index (χ2n) is 8.34. The first-order valence-corrected chi connectivity index (χ1v) is 10.2. The van der Waals surface area contributed by atoms with Gasteiger partial charge in [0.1, 0.15) is 6.04 Å². The van der Waals surface area contributed by atoms with Crippen LogP contribution in [0.3, 0.4) is 0 Å². The van der Waals surface area contributed by atoms with Crippen molar-refractivity contribution in [2.75, 3.05) is 4.90 Å². The average Bonchev–Trinajstić information content (AvgIpc) is 3.48. The van der Waals surface area contributed by atoms with Crippen LogP contribution in [0, 0.1) is 6.92 Å². The van der Waals surface area contributed by atoms with Crippen LogP contribution in [0.5, 0.6) is 0 Å². The highest BCUT2D eigenvalue weighted by molar-refractivity contribution is 6.23. The smallest absolute Gasteiger partial charge is 0.257 e. The highest BCUT2D eigenvalue weighted by Crippen LogP contribution is 2.35. The number of benzene rings is 2. The van der Waals surface area contributed by atoms with Gasteiger partial charge in [-0.25, -0.2) is 4.90 Å². The van der Waals surface area contributed by atoms with Gasteiger partial charge in [-0.3, -0.25) is 14.4 Å². The lowest BCUT2D eigenvalue weighted by atomic mass is 10.0. The number of amides is 3. The van der Waals surface area contributed by atoms with Crippen molar-refractivity contribution in [1.29, 1.82) is 0 Å². The van der Waals surface area contributed by atoms with E-state index in [2.05, 4.69) is 13.8 Å². The minimum atomic E-state index is -0.728. The topological polar surface area (TPSA) is 57.7 Å². The van der Waals surface area contributed by atoms with E-state index >= 15 is 0 Å². The molecule has 3 amide bonds. The number of hydrogen-bond acceptors (Lipinski definition) is 3. The normalized spacial score (nSPS) is 19.2. The predicted octanol–water partition coefficient (Wildman–Crippen LogP) is 4.06. The molecule has 29 heavy (non-hydrogen) atoms. The standard InChI is InChI=1S/C24H26N2O3/c1-15(2)17-8-10-20(11-9-17)26-22(27)14-21(24(26)29)25(19-12-13-19)23(28)18-6-4-16(3)5-7-18/h4-11,15,19,21H,12-14H2,1-3H3. The summed E-state index contributed by atoms with van der Waals surface area (Å²) in [4.78, 5) is 42.0. The molecule has 1 heterocycles. The Morgan fingerprint density at radius 2 is 1.62 bits per heavy atom. The second-order valence-corrected chi connectivity index (χ2v) is 8.34. The van der Waals surface area contributed by atoms with Crippen molar-refractivity contribution in [3.8, 4) is 0 Å². The number of aryl methyl sites for hydroxylation is 1. The van der Waals surface area contributed by atoms with Crippen LogP contribution in [-0.4, -0.2) is 34.7 Å². The number of hydrogen-bond donors (Lipinski definition) is 0. The molecule has 0 bridgehead atoms. The Hall–Kier alpha value is -2.95. The van der Waals surface area contributed by atoms with Crippen LogP contribution in [0.15, 0.2) is 48.5 Å². The first-order valence-electron chi connectivity index (χ1n) is 10.2. The van der Waals surface area contributed by atoms with Gasteiger partial charge in [-0.1, -0.05) is 43.7 Å². The molecule has 2 aromatic rings. The minimum absolute atomic E-state index is 0.0359. The fourth-order valence-electron chi connectivity index (χ4n) is 3.87. The van der Waals surface area contributed by atoms with Crippen LogP contribution < -0.4 is 4.90 Å². The zero-order valence-electron chi connectivity index (χ0n) is 17.1. The van der Waals surface area contributed by atoms with Crippen molar-refractivity contribution in [2.24, 2.45) is 0 Å². The van der Waals surface area contributed by atoms with E-state index in [0.717, 1.165) is 24.0 Å². The van der Waals surface area contributed by atoms with E-state index in [1.54, 1.807) is 17.0 Å². The molecule has 2 fully saturated rings. The van der Waals surface area contributed by atoms with E-state index in [4.69, 9.17) is 0 Å². The maximum absolute atomic E-state index is 13.2. The number of rotatable bonds is 5. The van der Waals surface area contributed by atoms with Crippen molar-refractivity contribution in [3.05, 3.63) is 65.2 Å². The molecule has 1 atom stereocenters. The van der Waals surface area contributed by atoms with Gasteiger partial charge in [0.2, 0.25) is 5.91 Å². The Morgan fingerprint density at radius 3 is 2.17 bits per heavy atom. The number of imide groups is 1. The van der Waals surface area contributed by atoms with Crippen LogP contribution in [0.4, 0.5) is 5.69 Å². The fourth-order valence-corrected chi connectivity index (χ4v) is 3.87. The van der Waals surface area contributed by atoms with E-state index in [-0.39, 0.29) is 30.2 Å². The van der Waals surface area contributed by atoms with Crippen molar-refractivity contribution >= 4 is 23.4 Å². The number of carbonyl (C=O) groups is 3. The van der Waals surface area contributed by atoms with Crippen LogP contribution in [0.2, 0.25) is 0 Å². The molecule has 2 aromatic carbocycles. The summed E-state index contributed by atoms with van der Waals surface area (Å²) in [6.07, 6.45) is 1.79. The summed E-state index contributed by atoms with van der Waals surface area (Å²) < 4.78 is 0. The van der Waals surface area contributed by atoms with Gasteiger partial charge in [-0.2, -0.15) is 0 Å². The molecule has 1 saturated heterocycles. The maximum Gasteiger partial charge on any atom is 0.257 e. The molecule has 5 nitrogen and oxygen atoms in total. The van der Waals surface area contributed by atoms with Gasteiger partial charge in [-0.05, 0) is 55.5 Å². The first-order chi connectivity index (χ1) is 13.9. The van der Waals surface area contributed by atoms with Crippen LogP contribution in [0.25, 0.3) is 0 Å². The number of nitrogens with zero attached hydrogens (tertiary/aromatic N) is 2. The molecule has 1 aliphatic carbocycles. The van der Waals surface area contributed by atoms with Gasteiger partial charge in [0.25, 0.3) is 11.8 Å². The summed E-state index contributed by atoms with van der Waals surface area (Å²) in [7, 11) is 0. The monoisotopic (exact) mass is 390 g/mol. The Labute approximate surface area is 171 Å². The van der Waals surface area contributed by atoms with Gasteiger partial charge in [0.15, 0.2) is 0 Å². The molecule has 1 saturated carbocycles. The van der Waals surface area contributed by atoms with E-state index in [9.17, 15) is 14.4 Å². The van der Waals surface area contributed by atoms with Gasteiger partial charge in [-0.15, -0.1) is 0 Å². The van der Waals surface area contributed by atoms with Crippen molar-refractivity contribution in [1.82, 2.24) is 4.90 Å². The molecule has 0 aromatic heterocycles. The summed E-state index contributed by atoms with van der Waals surface area (Å²) in [6.45, 7) is 6.16. The largest absolute Gasteiger partial charge is 0.323 e. The van der Waals surface area contributed by atoms with Gasteiger partial charge in [0, 0.05) is 11.6 Å². The van der Waals surface area contributed by atoms with E-state index in [1.165, 1.54) is 4.90 Å². The van der Waals surface area contributed by atoms with Crippen molar-refractivity contribution in [2.45, 2.75) is 58.0 Å². The summed E-state index contributed by atoms with van der Waals surface area (Å²) in [5.41, 5.74) is 3.36. The lowest BCUT2D eigenvalue weighted by Gasteiger charge is -2.27. The highest BCUT2D eigenvalue weighted by atomic mass is 16.2. The molecule has 4 rings (SSSR count). The van der Waals surface area contributed by atoms with Crippen molar-refractivity contribution < 1.29 is 14.4 Å². The van der Waals surface area contributed by atoms with Crippen LogP contribution in [-0.2, 0) is 9.59 Å². The average molecular weight is 390 g/mol. The molecule has 0 radical (unpaired) electrons. The van der Waals surface area contributed by atoms with Crippen LogP contribution in [0.1, 0.15) is 60.5 Å². The zero-order chi connectivity index (χ0) is 20.7. The Kier molecular flexibility index (Phi) is 4.99. The summed E-state index contributed by atoms with van der Waals surface area (Å²) in [6, 6.07) is 14.2. The molecule has 0 N–H and O–H groups in total. The molecule has 5 heteroatoms. The van der Waals surface area contributed by atoms with E-state index in [0.29, 0.717) is 17.2 Å². The van der Waals surface area contributed by atoms with E-state index in [1.807, 2.05) is 43.3 Å². The molecular weight excluding hydrogens is 364 g/mol. The molecule has 0 spiro atoms. The number of carbonyl (C=O) groups excluding carboxylic acids is 3. The Morgan fingerprint density at radius 1 is 1.00 bits per heavy atom. The van der Waals surface area contributed by atoms with Crippen LogP contribution >= 0.6 is 0 Å². The third-order valence-corrected chi connectivity index (χ3v) is 5.75. The zero-order valence-corrected chi connectivity index (χ0v) is 17.1. The Bertz CT molecular complexity index is 943. The quantitative estimate of drug-likeness (QED) is 0.724. The third-order valence-electron chi connectivity index (χ3n) is 5.75. The predicted molar refractivity (Wildman–Crippen MR) is 112 cm³/mol. The highest BCUT2D eigenvalue weighted by Gasteiger charge is 2.48. The van der Waals surface area contributed by atoms with Gasteiger partial charge >= 0.3 is 0 Å². The van der Waals surface area contributed by atoms with E-state index < -0.39 is 6.04 Å². The minimum Gasteiger partial charge on any atom is -0.323 e. The molecule has 1 aliphatic heterocycles.